The Balaban J connectivity index is 5.19. The zero-order valence-electron chi connectivity index (χ0n) is 17.9. The largest absolute Gasteiger partial charge is 0.387 e. The molecule has 0 bridgehead atoms. The predicted octanol–water partition coefficient (Wildman–Crippen LogP) is 1.22. The highest BCUT2D eigenvalue weighted by Gasteiger charge is 2.37. The highest BCUT2D eigenvalue weighted by molar-refractivity contribution is 5.89. The summed E-state index contributed by atoms with van der Waals surface area (Å²) in [5, 5.41) is 33.4. The Labute approximate surface area is 168 Å². The molecule has 7 nitrogen and oxygen atoms in total. The fourth-order valence-corrected chi connectivity index (χ4v) is 2.61. The number of rotatable bonds is 12. The van der Waals surface area contributed by atoms with Gasteiger partial charge in [0, 0.05) is 26.0 Å². The van der Waals surface area contributed by atoms with Crippen LogP contribution in [0, 0.1) is 17.3 Å². The lowest BCUT2D eigenvalue weighted by Gasteiger charge is -2.28. The number of nitrogens with one attached hydrogen (secondary N) is 1. The molecule has 0 unspecified atom stereocenters. The van der Waals surface area contributed by atoms with Crippen LogP contribution in [0.15, 0.2) is 24.8 Å². The molecule has 0 aliphatic carbocycles. The van der Waals surface area contributed by atoms with Gasteiger partial charge in [-0.1, -0.05) is 52.8 Å². The summed E-state index contributed by atoms with van der Waals surface area (Å²) < 4.78 is 5.09. The Kier molecular flexibility index (Phi) is 11.4. The summed E-state index contributed by atoms with van der Waals surface area (Å²) in [5.74, 6) is -1.54. The van der Waals surface area contributed by atoms with E-state index in [0.717, 1.165) is 0 Å². The van der Waals surface area contributed by atoms with Crippen molar-refractivity contribution in [2.75, 3.05) is 13.7 Å². The molecule has 0 rings (SSSR count). The highest BCUT2D eigenvalue weighted by Crippen LogP contribution is 2.21. The maximum absolute atomic E-state index is 12.7. The average molecular weight is 400 g/mol. The van der Waals surface area contributed by atoms with E-state index in [1.807, 2.05) is 34.6 Å². The first-order valence-corrected chi connectivity index (χ1v) is 9.53. The van der Waals surface area contributed by atoms with E-state index in [2.05, 4.69) is 11.9 Å². The van der Waals surface area contributed by atoms with Crippen LogP contribution in [0.5, 0.6) is 0 Å². The maximum Gasteiger partial charge on any atom is 0.224 e. The minimum absolute atomic E-state index is 0.117. The zero-order valence-corrected chi connectivity index (χ0v) is 17.9. The van der Waals surface area contributed by atoms with Crippen molar-refractivity contribution in [3.05, 3.63) is 24.8 Å². The molecular weight excluding hydrogens is 362 g/mol. The fraction of sp³-hybridized carbons (Fsp3) is 0.714. The maximum atomic E-state index is 12.7. The number of carbonyl (C=O) groups excluding carboxylic acids is 2. The number of amides is 1. The van der Waals surface area contributed by atoms with Crippen molar-refractivity contribution in [3.63, 3.8) is 0 Å². The number of allylic oxidation sites excluding steroid dienone is 1. The van der Waals surface area contributed by atoms with Crippen LogP contribution in [0.25, 0.3) is 0 Å². The molecule has 4 N–H and O–H groups in total. The average Bonchev–Trinajstić information content (AvgIpc) is 2.60. The Morgan fingerprint density at radius 3 is 2.14 bits per heavy atom. The Hall–Kier alpha value is -1.54. The minimum Gasteiger partial charge on any atom is -0.387 e. The summed E-state index contributed by atoms with van der Waals surface area (Å²) in [5.41, 5.74) is -0.217. The van der Waals surface area contributed by atoms with Crippen LogP contribution in [-0.2, 0) is 14.3 Å². The lowest BCUT2D eigenvalue weighted by molar-refractivity contribution is -0.149. The second kappa shape index (κ2) is 12.1. The molecule has 0 saturated heterocycles. The molecule has 0 saturated carbocycles. The van der Waals surface area contributed by atoms with Crippen LogP contribution in [0.1, 0.15) is 41.0 Å². The molecule has 0 aromatic carbocycles. The Morgan fingerprint density at radius 1 is 1.14 bits per heavy atom. The monoisotopic (exact) mass is 399 g/mol. The summed E-state index contributed by atoms with van der Waals surface area (Å²) >= 11 is 0. The highest BCUT2D eigenvalue weighted by atomic mass is 16.5. The van der Waals surface area contributed by atoms with Gasteiger partial charge in [0.25, 0.3) is 0 Å². The SMILES string of the molecule is C=CCNC(=O)[C@@H](CC(=O)[C@H](OC)[C@H](O)[C@@H](O)[C@H](O)/C=C/C(C)(C)C)C(C)C. The van der Waals surface area contributed by atoms with Gasteiger partial charge in [-0.15, -0.1) is 6.58 Å². The van der Waals surface area contributed by atoms with E-state index in [-0.39, 0.29) is 30.2 Å². The van der Waals surface area contributed by atoms with Gasteiger partial charge in [-0.25, -0.2) is 0 Å². The molecule has 162 valence electrons. The van der Waals surface area contributed by atoms with Gasteiger partial charge < -0.3 is 25.4 Å². The number of hydrogen-bond acceptors (Lipinski definition) is 6. The van der Waals surface area contributed by atoms with E-state index in [0.29, 0.717) is 0 Å². The topological polar surface area (TPSA) is 116 Å². The second-order valence-electron chi connectivity index (χ2n) is 8.41. The number of ketones is 1. The van der Waals surface area contributed by atoms with Gasteiger partial charge in [-0.05, 0) is 11.3 Å². The number of ether oxygens (including phenoxy) is 1. The van der Waals surface area contributed by atoms with E-state index in [4.69, 9.17) is 4.74 Å². The van der Waals surface area contributed by atoms with E-state index in [9.17, 15) is 24.9 Å². The summed E-state index contributed by atoms with van der Waals surface area (Å²) in [6, 6.07) is 0. The molecular formula is C21H37NO6. The molecule has 0 spiro atoms. The number of Topliss-reactive ketones (excluding diaryl/α,β-unsaturated/α-hetero) is 1. The van der Waals surface area contributed by atoms with Crippen LogP contribution in [0.3, 0.4) is 0 Å². The van der Waals surface area contributed by atoms with E-state index < -0.39 is 36.1 Å². The Bertz CT molecular complexity index is 538. The van der Waals surface area contributed by atoms with Crippen molar-refractivity contribution in [2.24, 2.45) is 17.3 Å². The van der Waals surface area contributed by atoms with Crippen molar-refractivity contribution >= 4 is 11.7 Å². The third kappa shape index (κ3) is 9.10. The molecule has 5 atom stereocenters. The third-order valence-electron chi connectivity index (χ3n) is 4.36. The van der Waals surface area contributed by atoms with E-state index >= 15 is 0 Å². The molecule has 0 fully saturated rings. The standard InChI is InChI=1S/C21H37NO6/c1-8-11-22-20(27)14(13(2)3)12-16(24)19(28-7)18(26)17(25)15(23)9-10-21(4,5)6/h8-10,13-15,17-19,23,25-26H,1,11-12H2,2-7H3,(H,22,27)/b10-9+/t14-,15+,17-,18+,19-/m0/s1. The molecule has 0 heterocycles. The molecule has 0 aromatic heterocycles. The van der Waals surface area contributed by atoms with Gasteiger partial charge in [0.05, 0.1) is 0 Å². The first-order valence-electron chi connectivity index (χ1n) is 9.53. The van der Waals surface area contributed by atoms with E-state index in [1.165, 1.54) is 13.2 Å². The summed E-state index contributed by atoms with van der Waals surface area (Å²) in [6.45, 7) is 13.2. The normalized spacial score (nSPS) is 17.8. The number of hydrogen-bond donors (Lipinski definition) is 4. The summed E-state index contributed by atoms with van der Waals surface area (Å²) in [4.78, 5) is 24.9. The van der Waals surface area contributed by atoms with Gasteiger partial charge in [-0.3, -0.25) is 9.59 Å². The molecule has 1 amide bonds. The summed E-state index contributed by atoms with van der Waals surface area (Å²) in [7, 11) is 1.23. The van der Waals surface area contributed by atoms with Gasteiger partial charge >= 0.3 is 0 Å². The van der Waals surface area contributed by atoms with Gasteiger partial charge in [0.15, 0.2) is 5.78 Å². The molecule has 28 heavy (non-hydrogen) atoms. The number of methoxy groups -OCH3 is 1. The van der Waals surface area contributed by atoms with Crippen molar-refractivity contribution in [1.82, 2.24) is 5.32 Å². The molecule has 0 aromatic rings. The van der Waals surface area contributed by atoms with Crippen molar-refractivity contribution < 1.29 is 29.6 Å². The zero-order chi connectivity index (χ0) is 22.1. The smallest absolute Gasteiger partial charge is 0.224 e. The predicted molar refractivity (Wildman–Crippen MR) is 109 cm³/mol. The van der Waals surface area contributed by atoms with Crippen molar-refractivity contribution in [2.45, 2.75) is 65.5 Å². The molecule has 0 radical (unpaired) electrons. The third-order valence-corrected chi connectivity index (χ3v) is 4.36. The van der Waals surface area contributed by atoms with Gasteiger partial charge in [-0.2, -0.15) is 0 Å². The van der Waals surface area contributed by atoms with Crippen LogP contribution >= 0.6 is 0 Å². The first kappa shape index (κ1) is 26.5. The number of carbonyl (C=O) groups is 2. The number of aliphatic hydroxyl groups excluding tert-OH is 3. The quantitative estimate of drug-likeness (QED) is 0.367. The first-order chi connectivity index (χ1) is 12.9. The lowest BCUT2D eigenvalue weighted by atomic mass is 9.86. The van der Waals surface area contributed by atoms with Gasteiger partial charge in [0.1, 0.15) is 24.4 Å². The van der Waals surface area contributed by atoms with Crippen molar-refractivity contribution in [1.29, 1.82) is 0 Å². The molecule has 0 aliphatic heterocycles. The molecule has 7 heteroatoms. The lowest BCUT2D eigenvalue weighted by Crippen LogP contribution is -2.49. The van der Waals surface area contributed by atoms with Crippen LogP contribution < -0.4 is 5.32 Å². The second-order valence-corrected chi connectivity index (χ2v) is 8.41. The fourth-order valence-electron chi connectivity index (χ4n) is 2.61. The van der Waals surface area contributed by atoms with Crippen LogP contribution in [-0.4, -0.2) is 65.1 Å². The number of aliphatic hydroxyl groups is 3. The van der Waals surface area contributed by atoms with Crippen LogP contribution in [0.4, 0.5) is 0 Å². The van der Waals surface area contributed by atoms with Crippen molar-refractivity contribution in [3.8, 4) is 0 Å². The van der Waals surface area contributed by atoms with Gasteiger partial charge in [0.2, 0.25) is 5.91 Å². The Morgan fingerprint density at radius 2 is 1.71 bits per heavy atom. The van der Waals surface area contributed by atoms with Crippen LogP contribution in [0.2, 0.25) is 0 Å². The summed E-state index contributed by atoms with van der Waals surface area (Å²) in [6.07, 6.45) is -1.50. The minimum atomic E-state index is -1.64. The van der Waals surface area contributed by atoms with E-state index in [1.54, 1.807) is 12.2 Å². The molecule has 0 aliphatic rings.